The smallest absolute Gasteiger partial charge is 0.350 e. The van der Waals surface area contributed by atoms with Crippen LogP contribution in [0.1, 0.15) is 49.7 Å². The molecule has 0 aliphatic heterocycles. The molecule has 2 aromatic heterocycles. The number of carbonyl (C=O) groups is 1. The quantitative estimate of drug-likeness (QED) is 0.852. The molecule has 26 heavy (non-hydrogen) atoms. The third kappa shape index (κ3) is 3.61. The van der Waals surface area contributed by atoms with Crippen LogP contribution in [-0.2, 0) is 30.4 Å². The molecule has 1 aliphatic carbocycles. The van der Waals surface area contributed by atoms with Gasteiger partial charge in [-0.3, -0.25) is 14.2 Å². The number of rotatable bonds is 6. The van der Waals surface area contributed by atoms with Crippen LogP contribution >= 0.6 is 0 Å². The summed E-state index contributed by atoms with van der Waals surface area (Å²) in [6.07, 6.45) is 0.839. The maximum absolute atomic E-state index is 13.3. The van der Waals surface area contributed by atoms with Gasteiger partial charge >= 0.3 is 6.18 Å². The molecule has 1 N–H and O–H groups in total. The van der Waals surface area contributed by atoms with Crippen molar-refractivity contribution in [3.63, 3.8) is 0 Å². The number of halogens is 3. The average Bonchev–Trinajstić information content (AvgIpc) is 3.24. The maximum atomic E-state index is 13.3. The Hall–Kier alpha value is -2.32. The number of carbonyl (C=O) groups excluding carboxylic acids is 1. The van der Waals surface area contributed by atoms with Crippen LogP contribution in [0.3, 0.4) is 0 Å². The predicted molar refractivity (Wildman–Crippen MR) is 88.4 cm³/mol. The van der Waals surface area contributed by atoms with Crippen molar-refractivity contribution in [1.82, 2.24) is 24.9 Å². The highest BCUT2D eigenvalue weighted by Gasteiger charge is 2.41. The topological polar surface area (TPSA) is 64.7 Å². The number of amides is 1. The van der Waals surface area contributed by atoms with Crippen LogP contribution in [-0.4, -0.2) is 31.5 Å². The van der Waals surface area contributed by atoms with Gasteiger partial charge in [0.15, 0.2) is 5.69 Å². The third-order valence-electron chi connectivity index (χ3n) is 4.62. The summed E-state index contributed by atoms with van der Waals surface area (Å²) in [4.78, 5) is 12.7. The number of fused-ring (bicyclic) bond motifs is 1. The Bertz CT molecular complexity index is 766. The molecule has 0 aromatic carbocycles. The molecular weight excluding hydrogens is 347 g/mol. The van der Waals surface area contributed by atoms with Crippen LogP contribution in [0.15, 0.2) is 18.5 Å². The van der Waals surface area contributed by atoms with Crippen molar-refractivity contribution < 1.29 is 18.0 Å². The first-order valence-electron chi connectivity index (χ1n) is 8.76. The summed E-state index contributed by atoms with van der Waals surface area (Å²) in [6.45, 7) is 4.10. The Balaban J connectivity index is 1.79. The zero-order chi connectivity index (χ0) is 18.9. The average molecular weight is 369 g/mol. The number of aromatic nitrogens is 4. The lowest BCUT2D eigenvalue weighted by Crippen LogP contribution is -2.41. The normalized spacial score (nSPS) is 16.3. The fourth-order valence-electron chi connectivity index (χ4n) is 3.49. The number of hydrogen-bond acceptors (Lipinski definition) is 3. The highest BCUT2D eigenvalue weighted by Crippen LogP contribution is 2.37. The molecule has 0 spiro atoms. The van der Waals surface area contributed by atoms with Gasteiger partial charge in [0.1, 0.15) is 6.04 Å². The van der Waals surface area contributed by atoms with Gasteiger partial charge in [0.05, 0.1) is 6.54 Å². The van der Waals surface area contributed by atoms with E-state index in [2.05, 4.69) is 15.5 Å². The molecule has 3 rings (SSSR count). The molecule has 6 nitrogen and oxygen atoms in total. The Morgan fingerprint density at radius 3 is 2.77 bits per heavy atom. The van der Waals surface area contributed by atoms with E-state index in [1.54, 1.807) is 30.1 Å². The van der Waals surface area contributed by atoms with Gasteiger partial charge < -0.3 is 5.32 Å². The van der Waals surface area contributed by atoms with Gasteiger partial charge in [0.2, 0.25) is 5.91 Å². The minimum atomic E-state index is -4.50. The standard InChI is InChI=1S/C17H22F3N5O/c1-3-13(16(26)22-11(2)10-24-9-5-8-21-24)25-14-7-4-6-12(14)15(23-25)17(18,19)20/h5,8-9,11,13H,3-4,6-7,10H2,1-2H3,(H,22,26)/t11-,13+/m1/s1. The molecule has 142 valence electrons. The largest absolute Gasteiger partial charge is 0.435 e. The van der Waals surface area contributed by atoms with E-state index in [4.69, 9.17) is 0 Å². The summed E-state index contributed by atoms with van der Waals surface area (Å²) in [5.74, 6) is -0.321. The van der Waals surface area contributed by atoms with E-state index in [-0.39, 0.29) is 17.5 Å². The number of nitrogens with zero attached hydrogens (tertiary/aromatic N) is 4. The Morgan fingerprint density at radius 2 is 2.15 bits per heavy atom. The van der Waals surface area contributed by atoms with Crippen LogP contribution < -0.4 is 5.32 Å². The van der Waals surface area contributed by atoms with Crippen LogP contribution in [0.2, 0.25) is 0 Å². The summed E-state index contributed by atoms with van der Waals surface area (Å²) in [7, 11) is 0. The molecule has 0 bridgehead atoms. The highest BCUT2D eigenvalue weighted by atomic mass is 19.4. The first-order chi connectivity index (χ1) is 12.3. The zero-order valence-corrected chi connectivity index (χ0v) is 14.8. The Labute approximate surface area is 149 Å². The molecule has 1 aliphatic rings. The minimum absolute atomic E-state index is 0.206. The number of nitrogens with one attached hydrogen (secondary N) is 1. The molecular formula is C17H22F3N5O. The lowest BCUT2D eigenvalue weighted by molar-refractivity contribution is -0.142. The molecule has 1 amide bonds. The Kier molecular flexibility index (Phi) is 5.06. The number of alkyl halides is 3. The second-order valence-electron chi connectivity index (χ2n) is 6.63. The van der Waals surface area contributed by atoms with Crippen molar-refractivity contribution >= 4 is 5.91 Å². The van der Waals surface area contributed by atoms with Gasteiger partial charge in [-0.2, -0.15) is 23.4 Å². The Morgan fingerprint density at radius 1 is 1.38 bits per heavy atom. The summed E-state index contributed by atoms with van der Waals surface area (Å²) in [5.41, 5.74) is -0.0618. The monoisotopic (exact) mass is 369 g/mol. The van der Waals surface area contributed by atoms with Crippen molar-refractivity contribution in [1.29, 1.82) is 0 Å². The van der Waals surface area contributed by atoms with E-state index in [0.717, 1.165) is 0 Å². The molecule has 0 saturated carbocycles. The molecule has 9 heteroatoms. The molecule has 0 unspecified atom stereocenters. The van der Waals surface area contributed by atoms with E-state index in [0.29, 0.717) is 37.9 Å². The first kappa shape index (κ1) is 18.5. The summed E-state index contributed by atoms with van der Waals surface area (Å²) >= 11 is 0. The van der Waals surface area contributed by atoms with Gasteiger partial charge in [0.25, 0.3) is 0 Å². The third-order valence-corrected chi connectivity index (χ3v) is 4.62. The SMILES string of the molecule is CC[C@@H](C(=O)N[C@H](C)Cn1cccn1)n1nc(C(F)(F)F)c2c1CCC2. The second kappa shape index (κ2) is 7.13. The number of hydrogen-bond donors (Lipinski definition) is 1. The molecule has 2 atom stereocenters. The van der Waals surface area contributed by atoms with E-state index in [1.807, 2.05) is 6.92 Å². The van der Waals surface area contributed by atoms with Crippen molar-refractivity contribution in [3.05, 3.63) is 35.4 Å². The molecule has 0 saturated heterocycles. The second-order valence-corrected chi connectivity index (χ2v) is 6.63. The van der Waals surface area contributed by atoms with Crippen LogP contribution in [0.25, 0.3) is 0 Å². The minimum Gasteiger partial charge on any atom is -0.350 e. The highest BCUT2D eigenvalue weighted by molar-refractivity contribution is 5.80. The maximum Gasteiger partial charge on any atom is 0.435 e. The fourth-order valence-corrected chi connectivity index (χ4v) is 3.49. The van der Waals surface area contributed by atoms with Gasteiger partial charge in [-0.25, -0.2) is 0 Å². The van der Waals surface area contributed by atoms with E-state index >= 15 is 0 Å². The van der Waals surface area contributed by atoms with E-state index in [9.17, 15) is 18.0 Å². The molecule has 0 fully saturated rings. The van der Waals surface area contributed by atoms with Crippen LogP contribution in [0, 0.1) is 0 Å². The molecule has 2 aromatic rings. The zero-order valence-electron chi connectivity index (χ0n) is 14.8. The van der Waals surface area contributed by atoms with Crippen molar-refractivity contribution in [3.8, 4) is 0 Å². The first-order valence-corrected chi connectivity index (χ1v) is 8.76. The van der Waals surface area contributed by atoms with Gasteiger partial charge in [-0.1, -0.05) is 6.92 Å². The fraction of sp³-hybridized carbons (Fsp3) is 0.588. The van der Waals surface area contributed by atoms with Gasteiger partial charge in [0, 0.05) is 29.7 Å². The lowest BCUT2D eigenvalue weighted by atomic mass is 10.1. The predicted octanol–water partition coefficient (Wildman–Crippen LogP) is 2.74. The lowest BCUT2D eigenvalue weighted by Gasteiger charge is -2.21. The van der Waals surface area contributed by atoms with Crippen molar-refractivity contribution in [2.75, 3.05) is 0 Å². The van der Waals surface area contributed by atoms with Crippen LogP contribution in [0.5, 0.6) is 0 Å². The van der Waals surface area contributed by atoms with E-state index in [1.165, 1.54) is 4.68 Å². The van der Waals surface area contributed by atoms with Gasteiger partial charge in [-0.05, 0) is 38.7 Å². The summed E-state index contributed by atoms with van der Waals surface area (Å²) in [5, 5.41) is 10.7. The van der Waals surface area contributed by atoms with Crippen LogP contribution in [0.4, 0.5) is 13.2 Å². The van der Waals surface area contributed by atoms with E-state index < -0.39 is 17.9 Å². The molecule has 2 heterocycles. The van der Waals surface area contributed by atoms with Gasteiger partial charge in [-0.15, -0.1) is 0 Å². The molecule has 0 radical (unpaired) electrons. The summed E-state index contributed by atoms with van der Waals surface area (Å²) < 4.78 is 42.8. The van der Waals surface area contributed by atoms with Crippen molar-refractivity contribution in [2.45, 2.75) is 64.3 Å². The summed E-state index contributed by atoms with van der Waals surface area (Å²) in [6, 6.07) is 0.829. The van der Waals surface area contributed by atoms with Crippen molar-refractivity contribution in [2.24, 2.45) is 0 Å².